The van der Waals surface area contributed by atoms with Gasteiger partial charge < -0.3 is 10.4 Å². The van der Waals surface area contributed by atoms with E-state index < -0.39 is 22.1 Å². The average Bonchev–Trinajstić information content (AvgIpc) is 2.33. The Hall–Kier alpha value is -1.73. The molecule has 0 fully saturated rings. The fourth-order valence-electron chi connectivity index (χ4n) is 2.10. The normalized spacial score (nSPS) is 13.8. The smallest absolute Gasteiger partial charge is 0.319 e. The van der Waals surface area contributed by atoms with E-state index in [0.717, 1.165) is 0 Å². The Morgan fingerprint density at radius 2 is 2.24 bits per heavy atom. The van der Waals surface area contributed by atoms with E-state index in [2.05, 4.69) is 10.3 Å². The number of nitrogens with one attached hydrogen (secondary N) is 1. The van der Waals surface area contributed by atoms with Crippen LogP contribution in [0.1, 0.15) is 37.6 Å². The van der Waals surface area contributed by atoms with Crippen LogP contribution in [-0.4, -0.2) is 33.1 Å². The van der Waals surface area contributed by atoms with Crippen LogP contribution in [-0.2, 0) is 0 Å². The lowest BCUT2D eigenvalue weighted by atomic mass is 9.94. The third-order valence-corrected chi connectivity index (χ3v) is 3.06. The molecule has 1 atom stereocenters. The van der Waals surface area contributed by atoms with E-state index >= 15 is 0 Å². The van der Waals surface area contributed by atoms with Gasteiger partial charge in [-0.25, -0.2) is 4.98 Å². The van der Waals surface area contributed by atoms with E-state index in [9.17, 15) is 20.0 Å². The van der Waals surface area contributed by atoms with Crippen molar-refractivity contribution in [2.75, 3.05) is 6.54 Å². The second kappa shape index (κ2) is 6.82. The minimum atomic E-state index is -1.09. The van der Waals surface area contributed by atoms with Gasteiger partial charge in [0.05, 0.1) is 10.5 Å². The minimum absolute atomic E-state index is 0.0128. The van der Waals surface area contributed by atoms with Crippen LogP contribution in [0.5, 0.6) is 0 Å². The summed E-state index contributed by atoms with van der Waals surface area (Å²) in [4.78, 5) is 25.8. The molecule has 0 spiro atoms. The average molecular weight is 316 g/mol. The highest BCUT2D eigenvalue weighted by Gasteiger charge is 2.27. The van der Waals surface area contributed by atoms with Crippen molar-refractivity contribution in [1.82, 2.24) is 10.3 Å². The fraction of sp³-hybridized carbons (Fsp3) is 0.538. The van der Waals surface area contributed by atoms with Gasteiger partial charge in [0.2, 0.25) is 5.15 Å². The van der Waals surface area contributed by atoms with Crippen molar-refractivity contribution in [3.63, 3.8) is 0 Å². The number of aliphatic hydroxyl groups is 1. The lowest BCUT2D eigenvalue weighted by Gasteiger charge is -2.25. The molecule has 1 amide bonds. The first-order valence-electron chi connectivity index (χ1n) is 6.43. The van der Waals surface area contributed by atoms with Crippen LogP contribution in [0.25, 0.3) is 0 Å². The maximum atomic E-state index is 12.0. The van der Waals surface area contributed by atoms with Crippen LogP contribution in [0.4, 0.5) is 5.69 Å². The van der Waals surface area contributed by atoms with E-state index in [0.29, 0.717) is 6.42 Å². The number of nitrogens with zero attached hydrogens (tertiary/aromatic N) is 2. The summed E-state index contributed by atoms with van der Waals surface area (Å²) in [5, 5.41) is 23.2. The predicted molar refractivity (Wildman–Crippen MR) is 78.3 cm³/mol. The first-order chi connectivity index (χ1) is 9.64. The van der Waals surface area contributed by atoms with Gasteiger partial charge in [0.25, 0.3) is 5.91 Å². The van der Waals surface area contributed by atoms with E-state index in [4.69, 9.17) is 11.6 Å². The number of amides is 1. The Kier molecular flexibility index (Phi) is 5.62. The molecule has 0 bridgehead atoms. The summed E-state index contributed by atoms with van der Waals surface area (Å²) >= 11 is 5.65. The highest BCUT2D eigenvalue weighted by Crippen LogP contribution is 2.26. The van der Waals surface area contributed by atoms with Crippen LogP contribution < -0.4 is 5.32 Å². The molecular formula is C13H18ClN3O4. The molecule has 7 nitrogen and oxygen atoms in total. The van der Waals surface area contributed by atoms with E-state index in [1.807, 2.05) is 13.8 Å². The molecule has 8 heteroatoms. The molecule has 0 saturated heterocycles. The Labute approximate surface area is 127 Å². The quantitative estimate of drug-likeness (QED) is 0.475. The topological polar surface area (TPSA) is 105 Å². The van der Waals surface area contributed by atoms with Crippen molar-refractivity contribution in [3.05, 3.63) is 33.1 Å². The second-order valence-corrected chi connectivity index (χ2v) is 5.89. The predicted octanol–water partition coefficient (Wildman–Crippen LogP) is 2.17. The summed E-state index contributed by atoms with van der Waals surface area (Å²) in [6, 6.07) is 1.22. The largest absolute Gasteiger partial charge is 0.388 e. The molecule has 0 aromatic carbocycles. The zero-order valence-electron chi connectivity index (χ0n) is 12.1. The number of aromatic nitrogens is 1. The lowest BCUT2D eigenvalue weighted by Crippen LogP contribution is -2.41. The van der Waals surface area contributed by atoms with Gasteiger partial charge in [-0.05, 0) is 25.3 Å². The molecule has 0 aliphatic heterocycles. The summed E-state index contributed by atoms with van der Waals surface area (Å²) in [7, 11) is 0. The lowest BCUT2D eigenvalue weighted by molar-refractivity contribution is -0.385. The van der Waals surface area contributed by atoms with Crippen LogP contribution in [0.2, 0.25) is 5.15 Å². The van der Waals surface area contributed by atoms with Crippen molar-refractivity contribution >= 4 is 23.2 Å². The fourth-order valence-corrected chi connectivity index (χ4v) is 2.33. The second-order valence-electron chi connectivity index (χ2n) is 5.53. The number of pyridine rings is 1. The number of hydrogen-bond donors (Lipinski definition) is 2. The molecule has 1 aromatic heterocycles. The molecule has 1 unspecified atom stereocenters. The van der Waals surface area contributed by atoms with Crippen LogP contribution in [0.15, 0.2) is 12.3 Å². The number of carbonyl (C=O) groups excluding carboxylic acids is 1. The number of carbonyl (C=O) groups is 1. The van der Waals surface area contributed by atoms with E-state index in [-0.39, 0.29) is 23.2 Å². The Bertz CT molecular complexity index is 546. The maximum absolute atomic E-state index is 12.0. The maximum Gasteiger partial charge on any atom is 0.319 e. The standard InChI is InChI=1S/C13H18ClN3O4/c1-8(2)6-13(3,19)7-16-12(18)9-4-5-15-11(14)10(9)17(20)21/h4-5,8,19H,6-7H2,1-3H3,(H,16,18). The Balaban J connectivity index is 2.87. The molecule has 21 heavy (non-hydrogen) atoms. The number of nitro groups is 1. The minimum Gasteiger partial charge on any atom is -0.388 e. The molecule has 0 radical (unpaired) electrons. The summed E-state index contributed by atoms with van der Waals surface area (Å²) in [6.45, 7) is 5.48. The van der Waals surface area contributed by atoms with Gasteiger partial charge in [-0.15, -0.1) is 0 Å². The van der Waals surface area contributed by atoms with Gasteiger partial charge in [-0.2, -0.15) is 0 Å². The van der Waals surface area contributed by atoms with Crippen molar-refractivity contribution in [2.45, 2.75) is 32.8 Å². The molecule has 0 aliphatic carbocycles. The monoisotopic (exact) mass is 315 g/mol. The van der Waals surface area contributed by atoms with Gasteiger partial charge in [-0.1, -0.05) is 25.4 Å². The number of halogens is 1. The van der Waals surface area contributed by atoms with Gasteiger partial charge >= 0.3 is 5.69 Å². The van der Waals surface area contributed by atoms with Crippen LogP contribution in [0, 0.1) is 16.0 Å². The van der Waals surface area contributed by atoms with Crippen molar-refractivity contribution in [3.8, 4) is 0 Å². The number of hydrogen-bond acceptors (Lipinski definition) is 5. The van der Waals surface area contributed by atoms with Crippen molar-refractivity contribution in [2.24, 2.45) is 5.92 Å². The molecular weight excluding hydrogens is 298 g/mol. The highest BCUT2D eigenvalue weighted by atomic mass is 35.5. The molecule has 2 N–H and O–H groups in total. The zero-order valence-corrected chi connectivity index (χ0v) is 12.8. The summed E-state index contributed by atoms with van der Waals surface area (Å²) in [6.07, 6.45) is 1.71. The highest BCUT2D eigenvalue weighted by molar-refractivity contribution is 6.32. The van der Waals surface area contributed by atoms with E-state index in [1.54, 1.807) is 6.92 Å². The molecule has 116 valence electrons. The molecule has 0 aliphatic rings. The third kappa shape index (κ3) is 4.95. The van der Waals surface area contributed by atoms with Gasteiger partial charge in [-0.3, -0.25) is 14.9 Å². The molecule has 1 heterocycles. The summed E-state index contributed by atoms with van der Waals surface area (Å²) in [5.74, 6) is -0.420. The van der Waals surface area contributed by atoms with Crippen molar-refractivity contribution < 1.29 is 14.8 Å². The summed E-state index contributed by atoms with van der Waals surface area (Å²) < 4.78 is 0. The summed E-state index contributed by atoms with van der Waals surface area (Å²) in [5.41, 5.74) is -1.81. The molecule has 1 aromatic rings. The van der Waals surface area contributed by atoms with Crippen LogP contribution >= 0.6 is 11.6 Å². The Morgan fingerprint density at radius 1 is 1.62 bits per heavy atom. The first kappa shape index (κ1) is 17.3. The Morgan fingerprint density at radius 3 is 2.76 bits per heavy atom. The van der Waals surface area contributed by atoms with Gasteiger partial charge in [0, 0.05) is 12.7 Å². The van der Waals surface area contributed by atoms with Gasteiger partial charge in [0.15, 0.2) is 0 Å². The molecule has 1 rings (SSSR count). The number of rotatable bonds is 6. The molecule has 0 saturated carbocycles. The first-order valence-corrected chi connectivity index (χ1v) is 6.81. The third-order valence-electron chi connectivity index (χ3n) is 2.78. The van der Waals surface area contributed by atoms with Crippen molar-refractivity contribution in [1.29, 1.82) is 0 Å². The van der Waals surface area contributed by atoms with E-state index in [1.165, 1.54) is 12.3 Å². The van der Waals surface area contributed by atoms with Gasteiger partial charge in [0.1, 0.15) is 5.56 Å². The SMILES string of the molecule is CC(C)CC(C)(O)CNC(=O)c1ccnc(Cl)c1[N+](=O)[O-]. The van der Waals surface area contributed by atoms with Crippen LogP contribution in [0.3, 0.4) is 0 Å². The zero-order chi connectivity index (χ0) is 16.2.